The van der Waals surface area contributed by atoms with E-state index in [1.54, 1.807) is 30.3 Å². The molecule has 0 bridgehead atoms. The minimum absolute atomic E-state index is 0.0114. The predicted octanol–water partition coefficient (Wildman–Crippen LogP) is 3.40. The highest BCUT2D eigenvalue weighted by Gasteiger charge is 2.08. The fourth-order valence-electron chi connectivity index (χ4n) is 1.54. The van der Waals surface area contributed by atoms with Gasteiger partial charge in [0.05, 0.1) is 5.56 Å². The molecule has 0 aliphatic carbocycles. The number of phenolic OH excluding ortho intramolecular Hbond substituents is 1. The third-order valence-corrected chi connectivity index (χ3v) is 2.53. The quantitative estimate of drug-likeness (QED) is 0.748. The summed E-state index contributed by atoms with van der Waals surface area (Å²) in [6.07, 6.45) is 0. The molecule has 0 atom stereocenters. The number of phenols is 1. The number of hydrogen-bond donors (Lipinski definition) is 1. The largest absolute Gasteiger partial charge is 0.507 e. The van der Waals surface area contributed by atoms with E-state index in [0.717, 1.165) is 10.8 Å². The van der Waals surface area contributed by atoms with E-state index in [4.69, 9.17) is 11.6 Å². The van der Waals surface area contributed by atoms with Crippen molar-refractivity contribution in [1.29, 1.82) is 0 Å². The molecule has 2 nitrogen and oxygen atoms in total. The normalized spacial score (nSPS) is 10.5. The lowest BCUT2D eigenvalue weighted by atomic mass is 10.0. The van der Waals surface area contributed by atoms with Gasteiger partial charge in [-0.25, -0.2) is 0 Å². The molecular weight excluding hydrogens is 212 g/mol. The molecule has 0 aliphatic rings. The molecule has 0 amide bonds. The first-order chi connectivity index (χ1) is 7.08. The predicted molar refractivity (Wildman–Crippen MR) is 60.6 cm³/mol. The Bertz CT molecular complexity index is 547. The summed E-state index contributed by atoms with van der Waals surface area (Å²) >= 11 is 5.84. The van der Waals surface area contributed by atoms with Crippen molar-refractivity contribution in [3.63, 3.8) is 0 Å². The number of carbonyl (C=O) groups excluding carboxylic acids is 1. The summed E-state index contributed by atoms with van der Waals surface area (Å²) in [6, 6.07) is 8.54. The summed E-state index contributed by atoms with van der Waals surface area (Å²) in [5.41, 5.74) is 0.324. The van der Waals surface area contributed by atoms with Gasteiger partial charge in [0.25, 0.3) is 0 Å². The summed E-state index contributed by atoms with van der Waals surface area (Å²) in [6.45, 7) is 1.42. The lowest BCUT2D eigenvalue weighted by molar-refractivity contribution is 0.101. The highest BCUT2D eigenvalue weighted by Crippen LogP contribution is 2.27. The van der Waals surface area contributed by atoms with E-state index in [-0.39, 0.29) is 11.5 Å². The Labute approximate surface area is 92.1 Å². The topological polar surface area (TPSA) is 37.3 Å². The fourth-order valence-corrected chi connectivity index (χ4v) is 1.72. The number of halogens is 1. The molecule has 3 heteroatoms. The van der Waals surface area contributed by atoms with Crippen LogP contribution in [0.3, 0.4) is 0 Å². The maximum atomic E-state index is 11.2. The zero-order valence-corrected chi connectivity index (χ0v) is 8.88. The summed E-state index contributed by atoms with van der Waals surface area (Å²) in [4.78, 5) is 11.2. The first-order valence-corrected chi connectivity index (χ1v) is 4.89. The van der Waals surface area contributed by atoms with Crippen LogP contribution in [0.4, 0.5) is 0 Å². The second kappa shape index (κ2) is 3.55. The number of rotatable bonds is 1. The molecule has 0 aromatic heterocycles. The minimum atomic E-state index is -0.158. The average molecular weight is 221 g/mol. The summed E-state index contributed by atoms with van der Waals surface area (Å²) in [5, 5.41) is 11.9. The molecular formula is C12H9ClO2. The number of hydrogen-bond acceptors (Lipinski definition) is 2. The van der Waals surface area contributed by atoms with E-state index in [2.05, 4.69) is 0 Å². The van der Waals surface area contributed by atoms with Crippen LogP contribution in [0.25, 0.3) is 10.8 Å². The molecule has 2 aromatic carbocycles. The van der Waals surface area contributed by atoms with Gasteiger partial charge in [0.15, 0.2) is 5.78 Å². The highest BCUT2D eigenvalue weighted by atomic mass is 35.5. The lowest BCUT2D eigenvalue weighted by Gasteiger charge is -2.04. The molecule has 15 heavy (non-hydrogen) atoms. The van der Waals surface area contributed by atoms with Crippen molar-refractivity contribution in [2.24, 2.45) is 0 Å². The van der Waals surface area contributed by atoms with Crippen molar-refractivity contribution in [2.75, 3.05) is 0 Å². The molecule has 76 valence electrons. The van der Waals surface area contributed by atoms with E-state index in [1.165, 1.54) is 6.92 Å². The zero-order valence-electron chi connectivity index (χ0n) is 8.12. The molecule has 2 rings (SSSR count). The molecule has 0 unspecified atom stereocenters. The maximum Gasteiger partial charge on any atom is 0.163 e. The Kier molecular flexibility index (Phi) is 2.37. The van der Waals surface area contributed by atoms with Gasteiger partial charge in [-0.3, -0.25) is 4.79 Å². The van der Waals surface area contributed by atoms with E-state index in [1.807, 2.05) is 0 Å². The number of ketones is 1. The van der Waals surface area contributed by atoms with E-state index in [9.17, 15) is 9.90 Å². The van der Waals surface area contributed by atoms with Crippen LogP contribution in [0.15, 0.2) is 30.3 Å². The first-order valence-electron chi connectivity index (χ1n) is 4.51. The highest BCUT2D eigenvalue weighted by molar-refractivity contribution is 6.31. The van der Waals surface area contributed by atoms with Crippen molar-refractivity contribution >= 4 is 28.2 Å². The number of Topliss-reactive ketones (excluding diaryl/α,β-unsaturated/α-hetero) is 1. The third-order valence-electron chi connectivity index (χ3n) is 2.30. The van der Waals surface area contributed by atoms with Gasteiger partial charge < -0.3 is 5.11 Å². The summed E-state index contributed by atoms with van der Waals surface area (Å²) < 4.78 is 0. The number of aromatic hydroxyl groups is 1. The van der Waals surface area contributed by atoms with Crippen molar-refractivity contribution < 1.29 is 9.90 Å². The number of fused-ring (bicyclic) bond motifs is 1. The van der Waals surface area contributed by atoms with Gasteiger partial charge in [-0.05, 0) is 42.0 Å². The zero-order chi connectivity index (χ0) is 11.0. The van der Waals surface area contributed by atoms with Gasteiger partial charge in [-0.15, -0.1) is 0 Å². The van der Waals surface area contributed by atoms with Crippen LogP contribution >= 0.6 is 11.6 Å². The number of carbonyl (C=O) groups is 1. The Morgan fingerprint density at radius 2 is 1.93 bits per heavy atom. The monoisotopic (exact) mass is 220 g/mol. The lowest BCUT2D eigenvalue weighted by Crippen LogP contribution is -1.92. The van der Waals surface area contributed by atoms with Crippen LogP contribution in [0.2, 0.25) is 5.02 Å². The molecule has 0 saturated carbocycles. The summed E-state index contributed by atoms with van der Waals surface area (Å²) in [7, 11) is 0. The number of benzene rings is 2. The maximum absolute atomic E-state index is 11.2. The Morgan fingerprint density at radius 1 is 1.20 bits per heavy atom. The van der Waals surface area contributed by atoms with Gasteiger partial charge in [0.1, 0.15) is 5.75 Å². The van der Waals surface area contributed by atoms with Crippen LogP contribution in [0.5, 0.6) is 5.75 Å². The molecule has 0 heterocycles. The van der Waals surface area contributed by atoms with Gasteiger partial charge in [-0.1, -0.05) is 17.7 Å². The SMILES string of the molecule is CC(=O)c1cc2cc(Cl)ccc2cc1O. The molecule has 0 spiro atoms. The molecule has 0 fully saturated rings. The molecule has 0 radical (unpaired) electrons. The standard InChI is InChI=1S/C12H9ClO2/c1-7(14)11-5-9-4-10(13)3-2-8(9)6-12(11)15/h2-6,15H,1H3. The first kappa shape index (κ1) is 9.99. The van der Waals surface area contributed by atoms with Gasteiger partial charge >= 0.3 is 0 Å². The van der Waals surface area contributed by atoms with Crippen molar-refractivity contribution in [3.05, 3.63) is 40.9 Å². The second-order valence-electron chi connectivity index (χ2n) is 3.42. The average Bonchev–Trinajstić information content (AvgIpc) is 2.17. The Hall–Kier alpha value is -1.54. The van der Waals surface area contributed by atoms with Crippen LogP contribution in [-0.2, 0) is 0 Å². The summed E-state index contributed by atoms with van der Waals surface area (Å²) in [5.74, 6) is -0.147. The van der Waals surface area contributed by atoms with E-state index in [0.29, 0.717) is 10.6 Å². The minimum Gasteiger partial charge on any atom is -0.507 e. The smallest absolute Gasteiger partial charge is 0.163 e. The van der Waals surface area contributed by atoms with Gasteiger partial charge in [0, 0.05) is 5.02 Å². The van der Waals surface area contributed by atoms with Crippen LogP contribution in [-0.4, -0.2) is 10.9 Å². The van der Waals surface area contributed by atoms with E-state index < -0.39 is 0 Å². The second-order valence-corrected chi connectivity index (χ2v) is 3.85. The van der Waals surface area contributed by atoms with Gasteiger partial charge in [-0.2, -0.15) is 0 Å². The molecule has 0 saturated heterocycles. The van der Waals surface area contributed by atoms with E-state index >= 15 is 0 Å². The Balaban J connectivity index is 2.77. The third kappa shape index (κ3) is 1.81. The van der Waals surface area contributed by atoms with Crippen LogP contribution < -0.4 is 0 Å². The van der Waals surface area contributed by atoms with Crippen molar-refractivity contribution in [2.45, 2.75) is 6.92 Å². The van der Waals surface area contributed by atoms with Crippen LogP contribution in [0.1, 0.15) is 17.3 Å². The van der Waals surface area contributed by atoms with Crippen LogP contribution in [0, 0.1) is 0 Å². The molecule has 2 aromatic rings. The fraction of sp³-hybridized carbons (Fsp3) is 0.0833. The molecule has 1 N–H and O–H groups in total. The van der Waals surface area contributed by atoms with Gasteiger partial charge in [0.2, 0.25) is 0 Å². The molecule has 0 aliphatic heterocycles. The Morgan fingerprint density at radius 3 is 2.60 bits per heavy atom. The van der Waals surface area contributed by atoms with Crippen molar-refractivity contribution in [3.8, 4) is 5.75 Å². The van der Waals surface area contributed by atoms with Crippen molar-refractivity contribution in [1.82, 2.24) is 0 Å².